The zero-order valence-electron chi connectivity index (χ0n) is 14.0. The molecule has 0 amide bonds. The quantitative estimate of drug-likeness (QED) is 0.665. The number of methoxy groups -OCH3 is 1. The maximum atomic E-state index is 12.4. The van der Waals surface area contributed by atoms with E-state index >= 15 is 0 Å². The number of benzene rings is 1. The largest absolute Gasteiger partial charge is 0.495 e. The molecular formula is C17H17N3O4S2. The predicted octanol–water partition coefficient (Wildman–Crippen LogP) is 1.96. The monoisotopic (exact) mass is 391 g/mol. The van der Waals surface area contributed by atoms with E-state index < -0.39 is 10.0 Å². The molecule has 0 aliphatic carbocycles. The number of rotatable bonds is 7. The van der Waals surface area contributed by atoms with Gasteiger partial charge in [-0.2, -0.15) is 5.10 Å². The topological polar surface area (TPSA) is 90.3 Å². The maximum absolute atomic E-state index is 12.4. The minimum atomic E-state index is -3.76. The molecule has 0 fully saturated rings. The fraction of sp³-hybridized carbons (Fsp3) is 0.176. The molecule has 7 nitrogen and oxygen atoms in total. The number of ether oxygens (including phenoxy) is 1. The second-order valence-electron chi connectivity index (χ2n) is 5.31. The normalized spacial score (nSPS) is 11.4. The molecule has 0 atom stereocenters. The fourth-order valence-corrected chi connectivity index (χ4v) is 4.25. The van der Waals surface area contributed by atoms with E-state index in [-0.39, 0.29) is 29.3 Å². The van der Waals surface area contributed by atoms with Crippen molar-refractivity contribution in [2.75, 3.05) is 13.7 Å². The Hall–Kier alpha value is -2.49. The van der Waals surface area contributed by atoms with Crippen molar-refractivity contribution in [3.05, 3.63) is 64.3 Å². The molecule has 0 saturated heterocycles. The van der Waals surface area contributed by atoms with Crippen molar-refractivity contribution in [2.45, 2.75) is 11.4 Å². The summed E-state index contributed by atoms with van der Waals surface area (Å²) in [5.41, 5.74) is 0.383. The Morgan fingerprint density at radius 3 is 2.69 bits per heavy atom. The SMILES string of the molecule is COc1ccccc1S(=O)(=O)NCCn1nc(-c2cccs2)ccc1=O. The van der Waals surface area contributed by atoms with Crippen LogP contribution in [0.1, 0.15) is 0 Å². The molecule has 2 aromatic heterocycles. The molecule has 0 bridgehead atoms. The highest BCUT2D eigenvalue weighted by Crippen LogP contribution is 2.22. The maximum Gasteiger partial charge on any atom is 0.266 e. The van der Waals surface area contributed by atoms with E-state index in [4.69, 9.17) is 4.74 Å². The number of nitrogens with one attached hydrogen (secondary N) is 1. The number of hydrogen-bond acceptors (Lipinski definition) is 6. The third-order valence-electron chi connectivity index (χ3n) is 3.61. The van der Waals surface area contributed by atoms with E-state index in [2.05, 4.69) is 9.82 Å². The van der Waals surface area contributed by atoms with Crippen molar-refractivity contribution in [3.63, 3.8) is 0 Å². The van der Waals surface area contributed by atoms with Crippen LogP contribution in [0, 0.1) is 0 Å². The fourth-order valence-electron chi connectivity index (χ4n) is 2.37. The average molecular weight is 391 g/mol. The first-order valence-corrected chi connectivity index (χ1v) is 10.1. The van der Waals surface area contributed by atoms with Gasteiger partial charge in [0.25, 0.3) is 5.56 Å². The van der Waals surface area contributed by atoms with Crippen molar-refractivity contribution < 1.29 is 13.2 Å². The van der Waals surface area contributed by atoms with Crippen LogP contribution in [-0.2, 0) is 16.6 Å². The second-order valence-corrected chi connectivity index (χ2v) is 7.99. The highest BCUT2D eigenvalue weighted by atomic mass is 32.2. The Morgan fingerprint density at radius 1 is 1.15 bits per heavy atom. The molecule has 0 unspecified atom stereocenters. The summed E-state index contributed by atoms with van der Waals surface area (Å²) in [6.45, 7) is 0.146. The number of thiophene rings is 1. The van der Waals surface area contributed by atoms with Crippen molar-refractivity contribution >= 4 is 21.4 Å². The van der Waals surface area contributed by atoms with Gasteiger partial charge >= 0.3 is 0 Å². The first-order valence-electron chi connectivity index (χ1n) is 7.76. The van der Waals surface area contributed by atoms with E-state index in [1.54, 1.807) is 24.3 Å². The van der Waals surface area contributed by atoms with E-state index in [1.807, 2.05) is 17.5 Å². The standard InChI is InChI=1S/C17H17N3O4S2/c1-24-14-5-2-3-7-16(14)26(22,23)18-10-11-20-17(21)9-8-13(19-20)15-6-4-12-25-15/h2-9,12,18H,10-11H2,1H3. The Bertz CT molecular complexity index is 1040. The van der Waals surface area contributed by atoms with Crippen LogP contribution in [0.2, 0.25) is 0 Å². The first kappa shape index (κ1) is 18.3. The van der Waals surface area contributed by atoms with Crippen LogP contribution in [0.15, 0.2) is 63.6 Å². The highest BCUT2D eigenvalue weighted by Gasteiger charge is 2.18. The van der Waals surface area contributed by atoms with Crippen molar-refractivity contribution in [1.82, 2.24) is 14.5 Å². The lowest BCUT2D eigenvalue weighted by molar-refractivity contribution is 0.402. The van der Waals surface area contributed by atoms with Crippen LogP contribution in [0.25, 0.3) is 10.6 Å². The van der Waals surface area contributed by atoms with Crippen LogP contribution in [-0.4, -0.2) is 31.9 Å². The smallest absolute Gasteiger partial charge is 0.266 e. The zero-order chi connectivity index (χ0) is 18.6. The molecule has 9 heteroatoms. The van der Waals surface area contributed by atoms with Gasteiger partial charge in [-0.3, -0.25) is 4.79 Å². The summed E-state index contributed by atoms with van der Waals surface area (Å²) in [6.07, 6.45) is 0. The lowest BCUT2D eigenvalue weighted by Gasteiger charge is -2.11. The van der Waals surface area contributed by atoms with Gasteiger partial charge in [-0.25, -0.2) is 17.8 Å². The summed E-state index contributed by atoms with van der Waals surface area (Å²) in [6, 6.07) is 13.2. The lowest BCUT2D eigenvalue weighted by Crippen LogP contribution is -2.32. The molecule has 3 aromatic rings. The van der Waals surface area contributed by atoms with Gasteiger partial charge in [0.05, 0.1) is 18.5 Å². The summed E-state index contributed by atoms with van der Waals surface area (Å²) >= 11 is 1.52. The molecule has 0 saturated carbocycles. The van der Waals surface area contributed by atoms with Crippen molar-refractivity contribution in [2.24, 2.45) is 0 Å². The minimum absolute atomic E-state index is 0.0290. The van der Waals surface area contributed by atoms with Crippen LogP contribution < -0.4 is 15.0 Å². The number of aromatic nitrogens is 2. The van der Waals surface area contributed by atoms with Gasteiger partial charge in [-0.15, -0.1) is 11.3 Å². The molecule has 0 spiro atoms. The Kier molecular flexibility index (Phi) is 5.50. The van der Waals surface area contributed by atoms with E-state index in [1.165, 1.54) is 35.3 Å². The van der Waals surface area contributed by atoms with Crippen LogP contribution in [0.3, 0.4) is 0 Å². The van der Waals surface area contributed by atoms with Gasteiger partial charge in [0, 0.05) is 12.6 Å². The molecule has 0 radical (unpaired) electrons. The van der Waals surface area contributed by atoms with Crippen LogP contribution in [0.4, 0.5) is 0 Å². The Morgan fingerprint density at radius 2 is 1.96 bits per heavy atom. The third kappa shape index (κ3) is 4.01. The molecule has 0 aliphatic heterocycles. The van der Waals surface area contributed by atoms with Crippen LogP contribution >= 0.6 is 11.3 Å². The molecule has 26 heavy (non-hydrogen) atoms. The number of nitrogens with zero attached hydrogens (tertiary/aromatic N) is 2. The summed E-state index contributed by atoms with van der Waals surface area (Å²) in [5, 5.41) is 6.22. The van der Waals surface area contributed by atoms with Crippen LogP contribution in [0.5, 0.6) is 5.75 Å². The van der Waals surface area contributed by atoms with Gasteiger partial charge in [-0.1, -0.05) is 18.2 Å². The van der Waals surface area contributed by atoms with Gasteiger partial charge < -0.3 is 4.74 Å². The molecule has 136 valence electrons. The van der Waals surface area contributed by atoms with Crippen molar-refractivity contribution in [1.29, 1.82) is 0 Å². The molecule has 3 rings (SSSR count). The summed E-state index contributed by atoms with van der Waals surface area (Å²) in [5.74, 6) is 0.259. The number of para-hydroxylation sites is 1. The number of sulfonamides is 1. The molecular weight excluding hydrogens is 374 g/mol. The van der Waals surface area contributed by atoms with Crippen molar-refractivity contribution in [3.8, 4) is 16.3 Å². The molecule has 0 aliphatic rings. The summed E-state index contributed by atoms with van der Waals surface area (Å²) in [7, 11) is -2.34. The second kappa shape index (κ2) is 7.81. The minimum Gasteiger partial charge on any atom is -0.495 e. The van der Waals surface area contributed by atoms with Gasteiger partial charge in [0.2, 0.25) is 10.0 Å². The average Bonchev–Trinajstić information content (AvgIpc) is 3.18. The predicted molar refractivity (Wildman–Crippen MR) is 100.0 cm³/mol. The third-order valence-corrected chi connectivity index (χ3v) is 6.01. The van der Waals surface area contributed by atoms with Gasteiger partial charge in [-0.05, 0) is 29.6 Å². The van der Waals surface area contributed by atoms with Gasteiger partial charge in [0.1, 0.15) is 16.3 Å². The zero-order valence-corrected chi connectivity index (χ0v) is 15.6. The summed E-state index contributed by atoms with van der Waals surface area (Å²) in [4.78, 5) is 13.0. The number of hydrogen-bond donors (Lipinski definition) is 1. The summed E-state index contributed by atoms with van der Waals surface area (Å²) < 4.78 is 33.7. The van der Waals surface area contributed by atoms with Gasteiger partial charge in [0.15, 0.2) is 0 Å². The lowest BCUT2D eigenvalue weighted by atomic mass is 10.3. The first-order chi connectivity index (χ1) is 12.5. The van der Waals surface area contributed by atoms with E-state index in [9.17, 15) is 13.2 Å². The van der Waals surface area contributed by atoms with E-state index in [0.29, 0.717) is 5.69 Å². The molecule has 1 N–H and O–H groups in total. The van der Waals surface area contributed by atoms with E-state index in [0.717, 1.165) is 4.88 Å². The molecule has 2 heterocycles. The Labute approximate surface area is 154 Å². The Balaban J connectivity index is 1.74. The molecule has 1 aromatic carbocycles. The highest BCUT2D eigenvalue weighted by molar-refractivity contribution is 7.89.